The third-order valence-electron chi connectivity index (χ3n) is 2.26. The maximum atomic E-state index is 11.5. The smallest absolute Gasteiger partial charge is 0.323 e. The van der Waals surface area contributed by atoms with Gasteiger partial charge in [-0.3, -0.25) is 4.79 Å². The van der Waals surface area contributed by atoms with E-state index in [4.69, 9.17) is 5.11 Å². The number of aliphatic hydroxyl groups is 1. The van der Waals surface area contributed by atoms with Gasteiger partial charge in [0.25, 0.3) is 0 Å². The highest BCUT2D eigenvalue weighted by molar-refractivity contribution is 7.90. The minimum atomic E-state index is -3.97. The Bertz CT molecular complexity index is 333. The summed E-state index contributed by atoms with van der Waals surface area (Å²) >= 11 is 0. The molecule has 0 aliphatic heterocycles. The normalized spacial score (nSPS) is 17.1. The zero-order chi connectivity index (χ0) is 12.4. The molecule has 0 spiro atoms. The van der Waals surface area contributed by atoms with Crippen molar-refractivity contribution in [1.29, 1.82) is 0 Å². The Morgan fingerprint density at radius 3 is 2.00 bits per heavy atom. The van der Waals surface area contributed by atoms with Gasteiger partial charge in [0.1, 0.15) is 0 Å². The molecule has 0 heterocycles. The number of aliphatic carboxylic acids is 1. The van der Waals surface area contributed by atoms with E-state index < -0.39 is 32.9 Å². The molecule has 0 aromatic carbocycles. The quantitative estimate of drug-likeness (QED) is 0.602. The molecule has 0 aliphatic carbocycles. The van der Waals surface area contributed by atoms with E-state index in [-0.39, 0.29) is 0 Å². The zero-order valence-electron chi connectivity index (χ0n) is 9.18. The summed E-state index contributed by atoms with van der Waals surface area (Å²) in [7, 11) is -3.97. The van der Waals surface area contributed by atoms with Crippen LogP contribution in [0.4, 0.5) is 0 Å². The lowest BCUT2D eigenvalue weighted by Gasteiger charge is -2.29. The number of rotatable bonds is 5. The number of sulfonamides is 1. The van der Waals surface area contributed by atoms with E-state index in [0.717, 1.165) is 6.92 Å². The SMILES string of the molecule is CC(O)C(C)(C)NS(=O)(=O)C(C)C(=O)O. The number of nitrogens with one attached hydrogen (secondary N) is 1. The molecule has 7 heteroatoms. The lowest BCUT2D eigenvalue weighted by atomic mass is 10.0. The van der Waals surface area contributed by atoms with E-state index in [1.807, 2.05) is 0 Å². The molecule has 0 aromatic rings. The average Bonchev–Trinajstić information content (AvgIpc) is 2.00. The first-order valence-corrected chi connectivity index (χ1v) is 5.99. The third kappa shape index (κ3) is 3.77. The minimum absolute atomic E-state index is 0.923. The Morgan fingerprint density at radius 1 is 1.33 bits per heavy atom. The second-order valence-electron chi connectivity index (χ2n) is 4.03. The highest BCUT2D eigenvalue weighted by Crippen LogP contribution is 2.12. The number of aliphatic hydroxyl groups excluding tert-OH is 1. The monoisotopic (exact) mass is 239 g/mol. The third-order valence-corrected chi connectivity index (χ3v) is 4.21. The van der Waals surface area contributed by atoms with Crippen molar-refractivity contribution in [1.82, 2.24) is 4.72 Å². The van der Waals surface area contributed by atoms with Crippen LogP contribution in [-0.2, 0) is 14.8 Å². The largest absolute Gasteiger partial charge is 0.480 e. The lowest BCUT2D eigenvalue weighted by Crippen LogP contribution is -2.54. The van der Waals surface area contributed by atoms with Crippen molar-refractivity contribution in [3.63, 3.8) is 0 Å². The highest BCUT2D eigenvalue weighted by Gasteiger charge is 2.35. The van der Waals surface area contributed by atoms with Crippen LogP contribution in [0.1, 0.15) is 27.7 Å². The molecule has 0 aromatic heterocycles. The molecule has 0 saturated carbocycles. The van der Waals surface area contributed by atoms with Crippen LogP contribution < -0.4 is 4.72 Å². The first kappa shape index (κ1) is 14.3. The summed E-state index contributed by atoms with van der Waals surface area (Å²) in [5.41, 5.74) is -1.09. The molecular weight excluding hydrogens is 222 g/mol. The second kappa shape index (κ2) is 4.46. The van der Waals surface area contributed by atoms with Gasteiger partial charge in [-0.05, 0) is 27.7 Å². The first-order valence-electron chi connectivity index (χ1n) is 4.44. The lowest BCUT2D eigenvalue weighted by molar-refractivity contribution is -0.136. The molecule has 0 aliphatic rings. The summed E-state index contributed by atoms with van der Waals surface area (Å²) in [4.78, 5) is 10.5. The zero-order valence-corrected chi connectivity index (χ0v) is 10.00. The molecule has 0 radical (unpaired) electrons. The van der Waals surface area contributed by atoms with E-state index in [1.54, 1.807) is 0 Å². The van der Waals surface area contributed by atoms with Gasteiger partial charge in [-0.15, -0.1) is 0 Å². The Kier molecular flexibility index (Phi) is 4.26. The van der Waals surface area contributed by atoms with Crippen molar-refractivity contribution in [3.05, 3.63) is 0 Å². The summed E-state index contributed by atoms with van der Waals surface area (Å²) in [6.45, 7) is 5.45. The van der Waals surface area contributed by atoms with Gasteiger partial charge in [0.15, 0.2) is 5.25 Å². The molecule has 90 valence electrons. The van der Waals surface area contributed by atoms with E-state index >= 15 is 0 Å². The maximum Gasteiger partial charge on any atom is 0.323 e. The van der Waals surface area contributed by atoms with E-state index in [2.05, 4.69) is 4.72 Å². The number of carboxylic acid groups (broad SMARTS) is 1. The highest BCUT2D eigenvalue weighted by atomic mass is 32.2. The van der Waals surface area contributed by atoms with Crippen LogP contribution in [-0.4, -0.2) is 41.5 Å². The molecule has 0 bridgehead atoms. The molecule has 2 atom stereocenters. The van der Waals surface area contributed by atoms with Crippen molar-refractivity contribution in [3.8, 4) is 0 Å². The van der Waals surface area contributed by atoms with Gasteiger partial charge >= 0.3 is 5.97 Å². The molecule has 3 N–H and O–H groups in total. The summed E-state index contributed by atoms with van der Waals surface area (Å²) in [5, 5.41) is 16.3. The Morgan fingerprint density at radius 2 is 1.73 bits per heavy atom. The molecule has 0 amide bonds. The fraction of sp³-hybridized carbons (Fsp3) is 0.875. The number of carbonyl (C=O) groups is 1. The van der Waals surface area contributed by atoms with Crippen LogP contribution >= 0.6 is 0 Å². The number of carboxylic acids is 1. The molecule has 0 rings (SSSR count). The van der Waals surface area contributed by atoms with E-state index in [9.17, 15) is 18.3 Å². The molecule has 0 fully saturated rings. The van der Waals surface area contributed by atoms with E-state index in [0.29, 0.717) is 0 Å². The molecule has 2 unspecified atom stereocenters. The van der Waals surface area contributed by atoms with Crippen LogP contribution in [0.25, 0.3) is 0 Å². The van der Waals surface area contributed by atoms with Crippen molar-refractivity contribution in [2.24, 2.45) is 0 Å². The van der Waals surface area contributed by atoms with Gasteiger partial charge in [-0.1, -0.05) is 0 Å². The maximum absolute atomic E-state index is 11.5. The number of hydrogen-bond donors (Lipinski definition) is 3. The summed E-state index contributed by atoms with van der Waals surface area (Å²) in [5.74, 6) is -1.43. The predicted octanol–water partition coefficient (Wildman–Crippen LogP) is -0.462. The molecule has 0 saturated heterocycles. The van der Waals surface area contributed by atoms with Crippen molar-refractivity contribution >= 4 is 16.0 Å². The second-order valence-corrected chi connectivity index (χ2v) is 6.03. The van der Waals surface area contributed by atoms with Crippen molar-refractivity contribution < 1.29 is 23.4 Å². The van der Waals surface area contributed by atoms with Crippen LogP contribution in [0.5, 0.6) is 0 Å². The first-order chi connectivity index (χ1) is 6.50. The predicted molar refractivity (Wildman–Crippen MR) is 54.9 cm³/mol. The number of hydrogen-bond acceptors (Lipinski definition) is 4. The molecule has 15 heavy (non-hydrogen) atoms. The van der Waals surface area contributed by atoms with Gasteiger partial charge < -0.3 is 10.2 Å². The van der Waals surface area contributed by atoms with Crippen LogP contribution in [0, 0.1) is 0 Å². The minimum Gasteiger partial charge on any atom is -0.480 e. The van der Waals surface area contributed by atoms with E-state index in [1.165, 1.54) is 20.8 Å². The summed E-state index contributed by atoms with van der Waals surface area (Å²) < 4.78 is 25.1. The fourth-order valence-electron chi connectivity index (χ4n) is 0.673. The van der Waals surface area contributed by atoms with Gasteiger partial charge in [-0.2, -0.15) is 0 Å². The fourth-order valence-corrected chi connectivity index (χ4v) is 2.02. The van der Waals surface area contributed by atoms with Crippen molar-refractivity contribution in [2.75, 3.05) is 0 Å². The van der Waals surface area contributed by atoms with Crippen LogP contribution in [0.2, 0.25) is 0 Å². The van der Waals surface area contributed by atoms with Gasteiger partial charge in [0.2, 0.25) is 10.0 Å². The van der Waals surface area contributed by atoms with Crippen molar-refractivity contribution in [2.45, 2.75) is 44.6 Å². The standard InChI is InChI=1S/C8H17NO5S/c1-5(7(11)12)15(13,14)9-8(3,4)6(2)10/h5-6,9-10H,1-4H3,(H,11,12). The Labute approximate surface area is 89.4 Å². The van der Waals surface area contributed by atoms with Gasteiger partial charge in [-0.25, -0.2) is 13.1 Å². The van der Waals surface area contributed by atoms with Gasteiger partial charge in [0, 0.05) is 0 Å². The summed E-state index contributed by atoms with van der Waals surface area (Å²) in [6, 6.07) is 0. The Hall–Kier alpha value is -0.660. The average molecular weight is 239 g/mol. The molecule has 6 nitrogen and oxygen atoms in total. The van der Waals surface area contributed by atoms with Gasteiger partial charge in [0.05, 0.1) is 11.6 Å². The topological polar surface area (TPSA) is 104 Å². The summed E-state index contributed by atoms with van der Waals surface area (Å²) in [6.07, 6.45) is -0.923. The van der Waals surface area contributed by atoms with Crippen LogP contribution in [0.15, 0.2) is 0 Å². The Balaban J connectivity index is 4.88. The van der Waals surface area contributed by atoms with Crippen LogP contribution in [0.3, 0.4) is 0 Å². The molecular formula is C8H17NO5S.